The molecular weight excluding hydrogens is 288 g/mol. The van der Waals surface area contributed by atoms with Gasteiger partial charge in [-0.1, -0.05) is 0 Å². The molecule has 0 saturated carbocycles. The number of rotatable bonds is 7. The highest BCUT2D eigenvalue weighted by atomic mass is 79.9. The fourth-order valence-electron chi connectivity index (χ4n) is 1.10. The zero-order valence-electron chi connectivity index (χ0n) is 9.99. The maximum absolute atomic E-state index is 11.2. The van der Waals surface area contributed by atoms with E-state index in [1.807, 2.05) is 14.1 Å². The third-order valence-electron chi connectivity index (χ3n) is 2.02. The number of nitrogens with zero attached hydrogens (tertiary/aromatic N) is 2. The van der Waals surface area contributed by atoms with Crippen LogP contribution in [0.1, 0.15) is 0 Å². The molecular formula is C10H17BrN4O2. The van der Waals surface area contributed by atoms with E-state index >= 15 is 0 Å². The lowest BCUT2D eigenvalue weighted by Gasteiger charge is -2.10. The third kappa shape index (κ3) is 5.29. The van der Waals surface area contributed by atoms with Gasteiger partial charge in [-0.25, -0.2) is 4.98 Å². The molecule has 0 saturated heterocycles. The van der Waals surface area contributed by atoms with Gasteiger partial charge in [-0.3, -0.25) is 4.79 Å². The van der Waals surface area contributed by atoms with Gasteiger partial charge in [0.25, 0.3) is 5.56 Å². The molecule has 1 aromatic rings. The van der Waals surface area contributed by atoms with Gasteiger partial charge < -0.3 is 19.9 Å². The Balaban J connectivity index is 2.23. The van der Waals surface area contributed by atoms with Gasteiger partial charge >= 0.3 is 0 Å². The van der Waals surface area contributed by atoms with Gasteiger partial charge in [0.1, 0.15) is 10.3 Å². The fourth-order valence-corrected chi connectivity index (χ4v) is 1.45. The van der Waals surface area contributed by atoms with Crippen molar-refractivity contribution in [2.45, 2.75) is 0 Å². The predicted octanol–water partition coefficient (Wildman–Crippen LogP) is 0.522. The number of H-pyrrole nitrogens is 1. The largest absolute Gasteiger partial charge is 0.378 e. The second-order valence-electron chi connectivity index (χ2n) is 3.74. The maximum Gasteiger partial charge on any atom is 0.267 e. The summed E-state index contributed by atoms with van der Waals surface area (Å²) in [5.74, 6) is 0.532. The number of ether oxygens (including phenoxy) is 1. The molecule has 2 N–H and O–H groups in total. The Morgan fingerprint density at radius 3 is 3.00 bits per heavy atom. The van der Waals surface area contributed by atoms with Crippen LogP contribution in [0.4, 0.5) is 5.82 Å². The van der Waals surface area contributed by atoms with Crippen LogP contribution >= 0.6 is 15.9 Å². The highest BCUT2D eigenvalue weighted by molar-refractivity contribution is 9.10. The van der Waals surface area contributed by atoms with E-state index in [1.165, 1.54) is 6.33 Å². The average molecular weight is 305 g/mol. The molecule has 0 spiro atoms. The van der Waals surface area contributed by atoms with Crippen LogP contribution in [0.5, 0.6) is 0 Å². The lowest BCUT2D eigenvalue weighted by molar-refractivity contribution is 0.126. The average Bonchev–Trinajstić information content (AvgIpc) is 2.28. The van der Waals surface area contributed by atoms with Crippen LogP contribution in [-0.2, 0) is 4.74 Å². The molecule has 17 heavy (non-hydrogen) atoms. The molecule has 1 rings (SSSR count). The van der Waals surface area contributed by atoms with Crippen molar-refractivity contribution in [2.75, 3.05) is 45.7 Å². The van der Waals surface area contributed by atoms with E-state index in [4.69, 9.17) is 4.74 Å². The van der Waals surface area contributed by atoms with E-state index in [1.54, 1.807) is 0 Å². The lowest BCUT2D eigenvalue weighted by Crippen LogP contribution is -2.20. The van der Waals surface area contributed by atoms with Crippen LogP contribution in [0.25, 0.3) is 0 Å². The van der Waals surface area contributed by atoms with E-state index in [0.717, 1.165) is 6.54 Å². The molecule has 1 heterocycles. The van der Waals surface area contributed by atoms with Crippen LogP contribution in [0, 0.1) is 0 Å². The fraction of sp³-hybridized carbons (Fsp3) is 0.600. The number of aromatic nitrogens is 2. The normalized spacial score (nSPS) is 10.8. The van der Waals surface area contributed by atoms with Gasteiger partial charge in [-0.05, 0) is 30.0 Å². The van der Waals surface area contributed by atoms with E-state index in [-0.39, 0.29) is 5.56 Å². The molecule has 6 nitrogen and oxygen atoms in total. The topological polar surface area (TPSA) is 70.2 Å². The maximum atomic E-state index is 11.2. The molecule has 0 fully saturated rings. The van der Waals surface area contributed by atoms with Gasteiger partial charge in [0.15, 0.2) is 0 Å². The van der Waals surface area contributed by atoms with Crippen molar-refractivity contribution in [1.82, 2.24) is 14.9 Å². The van der Waals surface area contributed by atoms with Crippen molar-refractivity contribution in [2.24, 2.45) is 0 Å². The number of likely N-dealkylation sites (N-methyl/N-ethyl adjacent to an activating group) is 1. The molecule has 0 aliphatic heterocycles. The quantitative estimate of drug-likeness (QED) is 0.719. The molecule has 0 aliphatic rings. The van der Waals surface area contributed by atoms with Gasteiger partial charge in [0.2, 0.25) is 0 Å². The van der Waals surface area contributed by atoms with Crippen molar-refractivity contribution in [1.29, 1.82) is 0 Å². The summed E-state index contributed by atoms with van der Waals surface area (Å²) in [4.78, 5) is 19.8. The number of nitrogens with one attached hydrogen (secondary N) is 2. The van der Waals surface area contributed by atoms with Crippen LogP contribution in [0.3, 0.4) is 0 Å². The van der Waals surface area contributed by atoms with Crippen molar-refractivity contribution >= 4 is 21.7 Å². The SMILES string of the molecule is CN(C)CCOCCNc1nc[nH]c(=O)c1Br. The molecule has 0 unspecified atom stereocenters. The van der Waals surface area contributed by atoms with Crippen molar-refractivity contribution in [3.8, 4) is 0 Å². The minimum atomic E-state index is -0.198. The summed E-state index contributed by atoms with van der Waals surface area (Å²) in [6, 6.07) is 0. The van der Waals surface area contributed by atoms with Crippen LogP contribution in [0.15, 0.2) is 15.6 Å². The minimum Gasteiger partial charge on any atom is -0.378 e. The Bertz CT molecular complexity index is 394. The molecule has 0 aliphatic carbocycles. The molecule has 1 aromatic heterocycles. The van der Waals surface area contributed by atoms with E-state index in [9.17, 15) is 4.79 Å². The smallest absolute Gasteiger partial charge is 0.267 e. The first-order valence-corrected chi connectivity index (χ1v) is 6.10. The second-order valence-corrected chi connectivity index (χ2v) is 4.53. The summed E-state index contributed by atoms with van der Waals surface area (Å²) >= 11 is 3.17. The first-order chi connectivity index (χ1) is 8.11. The standard InChI is InChI=1S/C10H17BrN4O2/c1-15(2)4-6-17-5-3-12-9-8(11)10(16)14-7-13-9/h7H,3-6H2,1-2H3,(H2,12,13,14,16). The molecule has 0 radical (unpaired) electrons. The zero-order chi connectivity index (χ0) is 12.7. The Morgan fingerprint density at radius 2 is 2.29 bits per heavy atom. The summed E-state index contributed by atoms with van der Waals surface area (Å²) < 4.78 is 5.81. The Kier molecular flexibility index (Phi) is 6.17. The molecule has 0 atom stereocenters. The highest BCUT2D eigenvalue weighted by Crippen LogP contribution is 2.12. The van der Waals surface area contributed by atoms with Crippen molar-refractivity contribution in [3.05, 3.63) is 21.2 Å². The molecule has 0 aromatic carbocycles. The summed E-state index contributed by atoms with van der Waals surface area (Å²) in [5.41, 5.74) is -0.198. The molecule has 0 amide bonds. The highest BCUT2D eigenvalue weighted by Gasteiger charge is 2.03. The van der Waals surface area contributed by atoms with E-state index in [0.29, 0.717) is 30.0 Å². The van der Waals surface area contributed by atoms with Crippen LogP contribution in [-0.4, -0.2) is 55.3 Å². The van der Waals surface area contributed by atoms with Gasteiger partial charge in [-0.2, -0.15) is 0 Å². The minimum absolute atomic E-state index is 0.198. The first-order valence-electron chi connectivity index (χ1n) is 5.31. The zero-order valence-corrected chi connectivity index (χ0v) is 11.6. The summed E-state index contributed by atoms with van der Waals surface area (Å²) in [6.07, 6.45) is 1.36. The Labute approximate surface area is 109 Å². The van der Waals surface area contributed by atoms with Gasteiger partial charge in [0.05, 0.1) is 19.5 Å². The second kappa shape index (κ2) is 7.41. The number of hydrogen-bond donors (Lipinski definition) is 2. The molecule has 0 bridgehead atoms. The van der Waals surface area contributed by atoms with Crippen molar-refractivity contribution < 1.29 is 4.74 Å². The van der Waals surface area contributed by atoms with Crippen molar-refractivity contribution in [3.63, 3.8) is 0 Å². The third-order valence-corrected chi connectivity index (χ3v) is 2.75. The van der Waals surface area contributed by atoms with Crippen LogP contribution in [0.2, 0.25) is 0 Å². The van der Waals surface area contributed by atoms with E-state index in [2.05, 4.69) is 36.1 Å². The Morgan fingerprint density at radius 1 is 1.53 bits per heavy atom. The van der Waals surface area contributed by atoms with Crippen LogP contribution < -0.4 is 10.9 Å². The van der Waals surface area contributed by atoms with E-state index < -0.39 is 0 Å². The lowest BCUT2D eigenvalue weighted by atomic mass is 10.5. The summed E-state index contributed by atoms with van der Waals surface area (Å²) in [5, 5.41) is 3.03. The Hall–Kier alpha value is -0.920. The predicted molar refractivity (Wildman–Crippen MR) is 70.4 cm³/mol. The van der Waals surface area contributed by atoms with Gasteiger partial charge in [-0.15, -0.1) is 0 Å². The molecule has 96 valence electrons. The summed E-state index contributed by atoms with van der Waals surface area (Å²) in [6.45, 7) is 2.78. The summed E-state index contributed by atoms with van der Waals surface area (Å²) in [7, 11) is 4.00. The number of hydrogen-bond acceptors (Lipinski definition) is 5. The first kappa shape index (κ1) is 14.1. The molecule has 7 heteroatoms. The number of halogens is 1. The monoisotopic (exact) mass is 304 g/mol. The number of aromatic amines is 1. The van der Waals surface area contributed by atoms with Gasteiger partial charge in [0, 0.05) is 13.1 Å². The number of anilines is 1.